The Balaban J connectivity index is 1.63. The smallest absolute Gasteiger partial charge is 0.304 e. The second kappa shape index (κ2) is 12.9. The Morgan fingerprint density at radius 2 is 1.83 bits per heavy atom. The molecular formula is C28H31ClN2O4. The maximum absolute atomic E-state index is 10.6. The number of ether oxygens (including phenoxy) is 1. The summed E-state index contributed by atoms with van der Waals surface area (Å²) in [7, 11) is 0. The van der Waals surface area contributed by atoms with E-state index in [1.54, 1.807) is 0 Å². The fourth-order valence-corrected chi connectivity index (χ4v) is 3.60. The maximum Gasteiger partial charge on any atom is 0.304 e. The average Bonchev–Trinajstić information content (AvgIpc) is 2.83. The molecule has 0 aromatic heterocycles. The molecule has 2 N–H and O–H groups in total. The zero-order valence-corrected chi connectivity index (χ0v) is 21.0. The molecule has 1 unspecified atom stereocenters. The molecule has 35 heavy (non-hydrogen) atoms. The van der Waals surface area contributed by atoms with E-state index in [9.17, 15) is 4.79 Å². The van der Waals surface area contributed by atoms with Gasteiger partial charge in [-0.1, -0.05) is 59.2 Å². The molecule has 0 aliphatic rings. The molecule has 0 amide bonds. The third kappa shape index (κ3) is 8.42. The molecule has 1 atom stereocenters. The Kier molecular flexibility index (Phi) is 9.70. The summed E-state index contributed by atoms with van der Waals surface area (Å²) >= 11 is 6.21. The van der Waals surface area contributed by atoms with Gasteiger partial charge in [-0.25, -0.2) is 0 Å². The molecule has 0 fully saturated rings. The molecule has 184 valence electrons. The van der Waals surface area contributed by atoms with Crippen LogP contribution >= 0.6 is 11.6 Å². The summed E-state index contributed by atoms with van der Waals surface area (Å²) in [5.74, 6) is -0.0494. The van der Waals surface area contributed by atoms with Crippen molar-refractivity contribution in [2.75, 3.05) is 13.2 Å². The van der Waals surface area contributed by atoms with Crippen molar-refractivity contribution >= 4 is 23.3 Å². The molecule has 0 saturated heterocycles. The predicted octanol–water partition coefficient (Wildman–Crippen LogP) is 6.08. The van der Waals surface area contributed by atoms with Crippen molar-refractivity contribution in [1.29, 1.82) is 0 Å². The number of nitrogens with one attached hydrogen (secondary N) is 1. The van der Waals surface area contributed by atoms with Crippen LogP contribution in [0.2, 0.25) is 5.02 Å². The van der Waals surface area contributed by atoms with Crippen LogP contribution in [0.1, 0.15) is 47.3 Å². The van der Waals surface area contributed by atoms with Crippen molar-refractivity contribution in [2.45, 2.75) is 39.8 Å². The monoisotopic (exact) mass is 494 g/mol. The van der Waals surface area contributed by atoms with Gasteiger partial charge in [-0.15, -0.1) is 0 Å². The lowest BCUT2D eigenvalue weighted by molar-refractivity contribution is -0.136. The Labute approximate surface area is 211 Å². The molecule has 0 aliphatic carbocycles. The van der Waals surface area contributed by atoms with Crippen LogP contribution in [0.4, 0.5) is 0 Å². The first-order valence-corrected chi connectivity index (χ1v) is 11.9. The van der Waals surface area contributed by atoms with Crippen LogP contribution in [0, 0.1) is 13.8 Å². The molecule has 3 aromatic carbocycles. The van der Waals surface area contributed by atoms with E-state index in [0.717, 1.165) is 33.7 Å². The maximum atomic E-state index is 10.6. The largest absolute Gasteiger partial charge is 0.482 e. The van der Waals surface area contributed by atoms with E-state index in [4.69, 9.17) is 26.3 Å². The third-order valence-electron chi connectivity index (χ3n) is 5.62. The van der Waals surface area contributed by atoms with Gasteiger partial charge in [-0.05, 0) is 72.9 Å². The molecule has 0 heterocycles. The van der Waals surface area contributed by atoms with Crippen LogP contribution in [0.15, 0.2) is 71.9 Å². The number of rotatable bonds is 12. The minimum atomic E-state index is -0.809. The zero-order valence-electron chi connectivity index (χ0n) is 20.3. The van der Waals surface area contributed by atoms with Crippen LogP contribution in [-0.4, -0.2) is 29.9 Å². The minimum Gasteiger partial charge on any atom is -0.482 e. The number of hydrogen-bond donors (Lipinski definition) is 2. The number of aryl methyl sites for hydroxylation is 2. The highest BCUT2D eigenvalue weighted by Crippen LogP contribution is 2.26. The van der Waals surface area contributed by atoms with E-state index < -0.39 is 5.97 Å². The second-order valence-corrected chi connectivity index (χ2v) is 8.83. The number of oxime groups is 1. The predicted molar refractivity (Wildman–Crippen MR) is 139 cm³/mol. The fraction of sp³-hybridized carbons (Fsp3) is 0.286. The Morgan fingerprint density at radius 1 is 1.06 bits per heavy atom. The normalized spacial score (nSPS) is 12.3. The molecule has 6 nitrogen and oxygen atoms in total. The second-order valence-electron chi connectivity index (χ2n) is 8.40. The van der Waals surface area contributed by atoms with Crippen LogP contribution in [0.5, 0.6) is 5.75 Å². The Bertz CT molecular complexity index is 1160. The molecular weight excluding hydrogens is 464 g/mol. The summed E-state index contributed by atoms with van der Waals surface area (Å²) in [6.45, 7) is 7.27. The van der Waals surface area contributed by atoms with Gasteiger partial charge in [-0.3, -0.25) is 4.79 Å². The molecule has 0 radical (unpaired) electrons. The zero-order chi connectivity index (χ0) is 25.2. The van der Waals surface area contributed by atoms with Crippen molar-refractivity contribution < 1.29 is 19.5 Å². The number of carboxylic acids is 1. The van der Waals surface area contributed by atoms with E-state index >= 15 is 0 Å². The van der Waals surface area contributed by atoms with Crippen LogP contribution in [-0.2, 0) is 16.2 Å². The average molecular weight is 495 g/mol. The number of hydrogen-bond acceptors (Lipinski definition) is 5. The molecule has 0 saturated carbocycles. The molecule has 3 aromatic rings. The van der Waals surface area contributed by atoms with Gasteiger partial charge in [0.1, 0.15) is 5.75 Å². The van der Waals surface area contributed by atoms with Gasteiger partial charge in [-0.2, -0.15) is 0 Å². The van der Waals surface area contributed by atoms with Gasteiger partial charge in [0, 0.05) is 18.1 Å². The van der Waals surface area contributed by atoms with E-state index in [2.05, 4.69) is 24.3 Å². The van der Waals surface area contributed by atoms with Gasteiger partial charge in [0.15, 0.2) is 12.7 Å². The first-order chi connectivity index (χ1) is 16.8. The van der Waals surface area contributed by atoms with Crippen molar-refractivity contribution in [1.82, 2.24) is 5.32 Å². The summed E-state index contributed by atoms with van der Waals surface area (Å²) in [4.78, 5) is 16.3. The molecule has 0 spiro atoms. The third-order valence-corrected chi connectivity index (χ3v) is 5.86. The van der Waals surface area contributed by atoms with Crippen LogP contribution < -0.4 is 10.1 Å². The van der Waals surface area contributed by atoms with E-state index in [-0.39, 0.29) is 19.1 Å². The molecule has 0 bridgehead atoms. The Hall–Kier alpha value is -3.35. The van der Waals surface area contributed by atoms with Gasteiger partial charge < -0.3 is 20.0 Å². The lowest BCUT2D eigenvalue weighted by Crippen LogP contribution is -2.17. The number of benzene rings is 3. The lowest BCUT2D eigenvalue weighted by Gasteiger charge is -2.19. The summed E-state index contributed by atoms with van der Waals surface area (Å²) < 4.78 is 6.26. The fourth-order valence-electron chi connectivity index (χ4n) is 3.40. The lowest BCUT2D eigenvalue weighted by atomic mass is 10.1. The topological polar surface area (TPSA) is 80.2 Å². The van der Waals surface area contributed by atoms with Crippen LogP contribution in [0.25, 0.3) is 0 Å². The van der Waals surface area contributed by atoms with Gasteiger partial charge in [0.05, 0.1) is 12.1 Å². The summed E-state index contributed by atoms with van der Waals surface area (Å²) in [6, 6.07) is 21.5. The van der Waals surface area contributed by atoms with Crippen LogP contribution in [0.3, 0.4) is 0 Å². The molecule has 0 aliphatic heterocycles. The number of carbonyl (C=O) groups is 1. The van der Waals surface area contributed by atoms with E-state index in [1.165, 1.54) is 5.56 Å². The number of nitrogens with zero attached hydrogens (tertiary/aromatic N) is 1. The number of aliphatic carboxylic acids is 1. The molecule has 7 heteroatoms. The number of halogens is 1. The van der Waals surface area contributed by atoms with E-state index in [0.29, 0.717) is 18.1 Å². The highest BCUT2D eigenvalue weighted by molar-refractivity contribution is 6.30. The highest BCUT2D eigenvalue weighted by atomic mass is 35.5. The minimum absolute atomic E-state index is 0.102. The van der Waals surface area contributed by atoms with Crippen molar-refractivity contribution in [3.8, 4) is 5.75 Å². The highest BCUT2D eigenvalue weighted by Gasteiger charge is 2.16. The van der Waals surface area contributed by atoms with Crippen molar-refractivity contribution in [3.05, 3.63) is 99.6 Å². The van der Waals surface area contributed by atoms with Crippen molar-refractivity contribution in [2.24, 2.45) is 5.16 Å². The van der Waals surface area contributed by atoms with Gasteiger partial charge >= 0.3 is 5.97 Å². The standard InChI is InChI=1S/C28H31ClN2O4/c1-19-7-12-26(15-20(19)2)35-27(24-5-4-6-25(29)16-24)18-34-31-21(3)23-10-8-22(9-11-23)17-30-14-13-28(32)33/h4-12,15-16,27,30H,13-14,17-18H2,1-3H3,(H,32,33)/b31-21+. The summed E-state index contributed by atoms with van der Waals surface area (Å²) in [5.41, 5.74) is 6.01. The van der Waals surface area contributed by atoms with Gasteiger partial charge in [0.25, 0.3) is 0 Å². The SMILES string of the molecule is C/C(=N\OCC(Oc1ccc(C)c(C)c1)c1cccc(Cl)c1)c1ccc(CNCCC(=O)O)cc1. The van der Waals surface area contributed by atoms with E-state index in [1.807, 2.05) is 73.7 Å². The summed E-state index contributed by atoms with van der Waals surface area (Å²) in [5, 5.41) is 16.8. The number of carboxylic acid groups (broad SMARTS) is 1. The quantitative estimate of drug-likeness (QED) is 0.181. The first-order valence-electron chi connectivity index (χ1n) is 11.5. The first kappa shape index (κ1) is 26.3. The summed E-state index contributed by atoms with van der Waals surface area (Å²) in [6.07, 6.45) is -0.281. The van der Waals surface area contributed by atoms with Gasteiger partial charge in [0.2, 0.25) is 0 Å². The molecule has 3 rings (SSSR count). The van der Waals surface area contributed by atoms with Crippen molar-refractivity contribution in [3.63, 3.8) is 0 Å². The Morgan fingerprint density at radius 3 is 2.51 bits per heavy atom.